The van der Waals surface area contributed by atoms with Gasteiger partial charge in [0.15, 0.2) is 5.82 Å². The number of urea groups is 1. The Labute approximate surface area is 187 Å². The van der Waals surface area contributed by atoms with E-state index in [1.165, 1.54) is 6.42 Å². The SMILES string of the molecule is CCOc1ccc(N(Cc2nc3n(n2)CCCCC3)C(=O)Nc2ccccc2Cl)cc1. The zero-order chi connectivity index (χ0) is 21.6. The molecular formula is C23H26ClN5O2. The van der Waals surface area contributed by atoms with Gasteiger partial charge in [0, 0.05) is 18.7 Å². The molecule has 0 atom stereocenters. The van der Waals surface area contributed by atoms with Gasteiger partial charge in [-0.25, -0.2) is 14.5 Å². The van der Waals surface area contributed by atoms with Crippen LogP contribution in [0.2, 0.25) is 5.02 Å². The van der Waals surface area contributed by atoms with Gasteiger partial charge in [0.25, 0.3) is 0 Å². The number of fused-ring (bicyclic) bond motifs is 1. The number of carbonyl (C=O) groups is 1. The summed E-state index contributed by atoms with van der Waals surface area (Å²) in [5, 5.41) is 8.05. The Hall–Kier alpha value is -3.06. The lowest BCUT2D eigenvalue weighted by molar-refractivity contribution is 0.256. The van der Waals surface area contributed by atoms with Crippen molar-refractivity contribution in [3.8, 4) is 5.75 Å². The van der Waals surface area contributed by atoms with Crippen molar-refractivity contribution in [2.45, 2.75) is 45.7 Å². The molecule has 162 valence electrons. The fourth-order valence-corrected chi connectivity index (χ4v) is 3.82. The Morgan fingerprint density at radius 1 is 1.16 bits per heavy atom. The van der Waals surface area contributed by atoms with Gasteiger partial charge >= 0.3 is 6.03 Å². The molecule has 1 aliphatic rings. The zero-order valence-electron chi connectivity index (χ0n) is 17.6. The van der Waals surface area contributed by atoms with Crippen LogP contribution in [0.15, 0.2) is 48.5 Å². The highest BCUT2D eigenvalue weighted by atomic mass is 35.5. The van der Waals surface area contributed by atoms with Gasteiger partial charge in [0.2, 0.25) is 0 Å². The first kappa shape index (κ1) is 21.2. The molecule has 0 spiro atoms. The first-order valence-electron chi connectivity index (χ1n) is 10.6. The number of nitrogens with one attached hydrogen (secondary N) is 1. The minimum atomic E-state index is -0.303. The number of aromatic nitrogens is 3. The molecule has 0 fully saturated rings. The van der Waals surface area contributed by atoms with Gasteiger partial charge in [-0.2, -0.15) is 5.10 Å². The predicted octanol–water partition coefficient (Wildman–Crippen LogP) is 5.30. The summed E-state index contributed by atoms with van der Waals surface area (Å²) in [6, 6.07) is 14.3. The van der Waals surface area contributed by atoms with Crippen LogP contribution < -0.4 is 15.0 Å². The number of para-hydroxylation sites is 1. The maximum atomic E-state index is 13.2. The molecule has 2 heterocycles. The number of hydrogen-bond donors (Lipinski definition) is 1. The van der Waals surface area contributed by atoms with Crippen LogP contribution in [0, 0.1) is 0 Å². The maximum absolute atomic E-state index is 13.2. The van der Waals surface area contributed by atoms with E-state index in [4.69, 9.17) is 21.3 Å². The summed E-state index contributed by atoms with van der Waals surface area (Å²) in [4.78, 5) is 19.6. The molecule has 0 unspecified atom stereocenters. The van der Waals surface area contributed by atoms with Crippen LogP contribution in [0.5, 0.6) is 5.75 Å². The Kier molecular flexibility index (Phi) is 6.72. The molecule has 1 aromatic heterocycles. The minimum Gasteiger partial charge on any atom is -0.494 e. The smallest absolute Gasteiger partial charge is 0.326 e. The Bertz CT molecular complexity index is 1010. The van der Waals surface area contributed by atoms with Crippen molar-refractivity contribution in [3.63, 3.8) is 0 Å². The lowest BCUT2D eigenvalue weighted by atomic mass is 10.2. The highest BCUT2D eigenvalue weighted by Gasteiger charge is 2.21. The fourth-order valence-electron chi connectivity index (χ4n) is 3.63. The number of amides is 2. The van der Waals surface area contributed by atoms with Crippen LogP contribution in [-0.4, -0.2) is 27.4 Å². The van der Waals surface area contributed by atoms with E-state index < -0.39 is 0 Å². The van der Waals surface area contributed by atoms with Crippen LogP contribution in [0.1, 0.15) is 37.8 Å². The molecule has 31 heavy (non-hydrogen) atoms. The average molecular weight is 440 g/mol. The third kappa shape index (κ3) is 5.17. The zero-order valence-corrected chi connectivity index (χ0v) is 18.3. The summed E-state index contributed by atoms with van der Waals surface area (Å²) in [5.74, 6) is 2.37. The molecule has 0 saturated heterocycles. The molecule has 1 aliphatic heterocycles. The summed E-state index contributed by atoms with van der Waals surface area (Å²) in [7, 11) is 0. The van der Waals surface area contributed by atoms with Gasteiger partial charge in [-0.3, -0.25) is 4.90 Å². The Balaban J connectivity index is 1.60. The lowest BCUT2D eigenvalue weighted by Crippen LogP contribution is -2.35. The molecule has 1 N–H and O–H groups in total. The van der Waals surface area contributed by atoms with Gasteiger partial charge in [-0.1, -0.05) is 30.2 Å². The molecule has 0 saturated carbocycles. The van der Waals surface area contributed by atoms with Crippen molar-refractivity contribution in [2.24, 2.45) is 0 Å². The molecule has 0 radical (unpaired) electrons. The van der Waals surface area contributed by atoms with Crippen LogP contribution in [0.4, 0.5) is 16.2 Å². The summed E-state index contributed by atoms with van der Waals surface area (Å²) >= 11 is 6.24. The molecular weight excluding hydrogens is 414 g/mol. The summed E-state index contributed by atoms with van der Waals surface area (Å²) in [6.07, 6.45) is 4.33. The van der Waals surface area contributed by atoms with Gasteiger partial charge in [-0.05, 0) is 56.2 Å². The van der Waals surface area contributed by atoms with Crippen molar-refractivity contribution in [2.75, 3.05) is 16.8 Å². The average Bonchev–Trinajstić information content (AvgIpc) is 3.03. The number of hydrogen-bond acceptors (Lipinski definition) is 4. The van der Waals surface area contributed by atoms with E-state index in [1.54, 1.807) is 17.0 Å². The molecule has 4 rings (SSSR count). The second kappa shape index (κ2) is 9.83. The number of carbonyl (C=O) groups excluding carboxylic acids is 1. The van der Waals surface area contributed by atoms with Crippen molar-refractivity contribution in [1.29, 1.82) is 0 Å². The summed E-state index contributed by atoms with van der Waals surface area (Å²) in [5.41, 5.74) is 1.27. The van der Waals surface area contributed by atoms with Crippen LogP contribution in [-0.2, 0) is 19.5 Å². The minimum absolute atomic E-state index is 0.254. The molecule has 2 aromatic carbocycles. The third-order valence-corrected chi connectivity index (χ3v) is 5.51. The van der Waals surface area contributed by atoms with E-state index in [1.807, 2.05) is 48.0 Å². The van der Waals surface area contributed by atoms with Gasteiger partial charge in [-0.15, -0.1) is 0 Å². The van der Waals surface area contributed by atoms with E-state index in [2.05, 4.69) is 10.4 Å². The second-order valence-corrected chi connectivity index (χ2v) is 7.81. The number of nitrogens with zero attached hydrogens (tertiary/aromatic N) is 4. The molecule has 8 heteroatoms. The number of aryl methyl sites for hydroxylation is 2. The predicted molar refractivity (Wildman–Crippen MR) is 122 cm³/mol. The number of benzene rings is 2. The largest absolute Gasteiger partial charge is 0.494 e. The fraction of sp³-hybridized carbons (Fsp3) is 0.348. The van der Waals surface area contributed by atoms with Crippen molar-refractivity contribution < 1.29 is 9.53 Å². The van der Waals surface area contributed by atoms with E-state index in [9.17, 15) is 4.79 Å². The third-order valence-electron chi connectivity index (χ3n) is 5.18. The highest BCUT2D eigenvalue weighted by Crippen LogP contribution is 2.25. The number of rotatable bonds is 6. The lowest BCUT2D eigenvalue weighted by Gasteiger charge is -2.22. The molecule has 0 bridgehead atoms. The van der Waals surface area contributed by atoms with Crippen molar-refractivity contribution in [1.82, 2.24) is 14.8 Å². The van der Waals surface area contributed by atoms with Crippen molar-refractivity contribution >= 4 is 29.0 Å². The quantitative estimate of drug-likeness (QED) is 0.566. The highest BCUT2D eigenvalue weighted by molar-refractivity contribution is 6.33. The Morgan fingerprint density at radius 3 is 2.74 bits per heavy atom. The topological polar surface area (TPSA) is 72.3 Å². The van der Waals surface area contributed by atoms with E-state index >= 15 is 0 Å². The van der Waals surface area contributed by atoms with Crippen LogP contribution in [0.3, 0.4) is 0 Å². The number of ether oxygens (including phenoxy) is 1. The van der Waals surface area contributed by atoms with Crippen molar-refractivity contribution in [3.05, 3.63) is 65.2 Å². The molecule has 7 nitrogen and oxygen atoms in total. The van der Waals surface area contributed by atoms with Crippen LogP contribution >= 0.6 is 11.6 Å². The van der Waals surface area contributed by atoms with Crippen LogP contribution in [0.25, 0.3) is 0 Å². The van der Waals surface area contributed by atoms with Gasteiger partial charge in [0.05, 0.1) is 23.9 Å². The van der Waals surface area contributed by atoms with Gasteiger partial charge in [0.1, 0.15) is 11.6 Å². The molecule has 3 aromatic rings. The van der Waals surface area contributed by atoms with Gasteiger partial charge < -0.3 is 10.1 Å². The first-order chi connectivity index (χ1) is 15.1. The second-order valence-electron chi connectivity index (χ2n) is 7.40. The standard InChI is InChI=1S/C23H26ClN5O2/c1-2-31-18-13-11-17(12-14-18)28(23(30)25-20-9-6-5-8-19(20)24)16-21-26-22-10-4-3-7-15-29(22)27-21/h5-6,8-9,11-14H,2-4,7,10,15-16H2,1H3,(H,25,30). The number of halogens is 1. The monoisotopic (exact) mass is 439 g/mol. The maximum Gasteiger partial charge on any atom is 0.326 e. The molecule has 2 amide bonds. The summed E-state index contributed by atoms with van der Waals surface area (Å²) < 4.78 is 7.51. The first-order valence-corrected chi connectivity index (χ1v) is 11.0. The van der Waals surface area contributed by atoms with E-state index in [0.29, 0.717) is 23.1 Å². The Morgan fingerprint density at radius 2 is 1.97 bits per heavy atom. The number of anilines is 2. The van der Waals surface area contributed by atoms with E-state index in [-0.39, 0.29) is 12.6 Å². The summed E-state index contributed by atoms with van der Waals surface area (Å²) in [6.45, 7) is 3.65. The normalized spacial score (nSPS) is 13.2. The van der Waals surface area contributed by atoms with E-state index in [0.717, 1.165) is 43.1 Å². The molecule has 0 aliphatic carbocycles.